The Morgan fingerprint density at radius 1 is 1.38 bits per heavy atom. The first-order valence-corrected chi connectivity index (χ1v) is 8.25. The van der Waals surface area contributed by atoms with Crippen LogP contribution in [0.5, 0.6) is 0 Å². The van der Waals surface area contributed by atoms with Crippen LogP contribution in [0.25, 0.3) is 0 Å². The molecule has 1 aromatic rings. The van der Waals surface area contributed by atoms with Crippen molar-refractivity contribution >= 4 is 27.5 Å². The monoisotopic (exact) mass is 311 g/mol. The normalized spacial score (nSPS) is 13.7. The van der Waals surface area contributed by atoms with Gasteiger partial charge in [0, 0.05) is 24.3 Å². The summed E-state index contributed by atoms with van der Waals surface area (Å²) in [6.07, 6.45) is 0.318. The highest BCUT2D eigenvalue weighted by Crippen LogP contribution is 2.23. The van der Waals surface area contributed by atoms with E-state index in [1.165, 1.54) is 0 Å². The topological polar surface area (TPSA) is 104 Å². The van der Waals surface area contributed by atoms with Gasteiger partial charge in [-0.05, 0) is 17.7 Å². The quantitative estimate of drug-likeness (QED) is 0.679. The molecule has 1 aliphatic heterocycles. The summed E-state index contributed by atoms with van der Waals surface area (Å²) >= 11 is 0. The Labute approximate surface area is 123 Å². The number of anilines is 1. The molecule has 2 rings (SSSR count). The van der Waals surface area contributed by atoms with Gasteiger partial charge in [0.2, 0.25) is 15.9 Å². The van der Waals surface area contributed by atoms with Gasteiger partial charge in [-0.25, -0.2) is 13.1 Å². The van der Waals surface area contributed by atoms with Gasteiger partial charge in [0.1, 0.15) is 0 Å². The van der Waals surface area contributed by atoms with Crippen molar-refractivity contribution in [1.29, 1.82) is 0 Å². The fourth-order valence-electron chi connectivity index (χ4n) is 2.05. The van der Waals surface area contributed by atoms with E-state index < -0.39 is 10.0 Å². The van der Waals surface area contributed by atoms with Crippen LogP contribution in [0.1, 0.15) is 22.8 Å². The van der Waals surface area contributed by atoms with Gasteiger partial charge in [-0.1, -0.05) is 13.0 Å². The summed E-state index contributed by atoms with van der Waals surface area (Å²) in [7, 11) is -3.35. The molecule has 0 unspecified atom stereocenters. The third-order valence-corrected chi connectivity index (χ3v) is 4.49. The van der Waals surface area contributed by atoms with Crippen LogP contribution in [0.15, 0.2) is 18.2 Å². The Hall–Kier alpha value is -1.93. The van der Waals surface area contributed by atoms with Gasteiger partial charge >= 0.3 is 0 Å². The number of carbonyl (C=O) groups excluding carboxylic acids is 2. The summed E-state index contributed by atoms with van der Waals surface area (Å²) in [6, 6.07) is 4.93. The lowest BCUT2D eigenvalue weighted by molar-refractivity contribution is -0.115. The predicted molar refractivity (Wildman–Crippen MR) is 78.6 cm³/mol. The molecule has 0 saturated carbocycles. The van der Waals surface area contributed by atoms with E-state index in [0.717, 1.165) is 5.56 Å². The molecular formula is C13H17N3O4S. The third kappa shape index (κ3) is 4.02. The molecule has 0 aliphatic carbocycles. The van der Waals surface area contributed by atoms with Gasteiger partial charge < -0.3 is 10.6 Å². The van der Waals surface area contributed by atoms with Crippen molar-refractivity contribution in [3.8, 4) is 0 Å². The van der Waals surface area contributed by atoms with Crippen LogP contribution in [0.2, 0.25) is 0 Å². The lowest BCUT2D eigenvalue weighted by Crippen LogP contribution is -2.34. The molecule has 8 heteroatoms. The number of hydrogen-bond acceptors (Lipinski definition) is 4. The first kappa shape index (κ1) is 15.5. The Morgan fingerprint density at radius 3 is 2.86 bits per heavy atom. The highest BCUT2D eigenvalue weighted by atomic mass is 32.2. The maximum Gasteiger partial charge on any atom is 0.251 e. The van der Waals surface area contributed by atoms with Gasteiger partial charge in [-0.15, -0.1) is 0 Å². The molecule has 0 atom stereocenters. The minimum atomic E-state index is -3.35. The van der Waals surface area contributed by atoms with E-state index in [1.54, 1.807) is 25.1 Å². The minimum Gasteiger partial charge on any atom is -0.351 e. The van der Waals surface area contributed by atoms with E-state index in [0.29, 0.717) is 24.2 Å². The van der Waals surface area contributed by atoms with Crippen LogP contribution in [0, 0.1) is 0 Å². The first-order chi connectivity index (χ1) is 9.91. The van der Waals surface area contributed by atoms with Gasteiger partial charge in [-0.3, -0.25) is 9.59 Å². The highest BCUT2D eigenvalue weighted by molar-refractivity contribution is 7.89. The van der Waals surface area contributed by atoms with Crippen molar-refractivity contribution in [2.24, 2.45) is 0 Å². The van der Waals surface area contributed by atoms with Gasteiger partial charge in [0.05, 0.1) is 12.2 Å². The van der Waals surface area contributed by atoms with E-state index >= 15 is 0 Å². The molecule has 1 aliphatic rings. The summed E-state index contributed by atoms with van der Waals surface area (Å²) in [5.74, 6) is -0.640. The molecule has 2 amide bonds. The summed E-state index contributed by atoms with van der Waals surface area (Å²) in [5.41, 5.74) is 1.87. The second-order valence-corrected chi connectivity index (χ2v) is 6.60. The average Bonchev–Trinajstić information content (AvgIpc) is 2.77. The lowest BCUT2D eigenvalue weighted by Gasteiger charge is -2.07. The number of amides is 2. The summed E-state index contributed by atoms with van der Waals surface area (Å²) in [6.45, 7) is 2.04. The zero-order valence-electron chi connectivity index (χ0n) is 11.6. The number of rotatable bonds is 6. The molecule has 0 aromatic heterocycles. The van der Waals surface area contributed by atoms with Crippen molar-refractivity contribution in [3.63, 3.8) is 0 Å². The fourth-order valence-corrected chi connectivity index (χ4v) is 3.00. The number of sulfonamides is 1. The van der Waals surface area contributed by atoms with Crippen molar-refractivity contribution < 1.29 is 18.0 Å². The van der Waals surface area contributed by atoms with Crippen LogP contribution in [0.3, 0.4) is 0 Å². The summed E-state index contributed by atoms with van der Waals surface area (Å²) in [5, 5.41) is 5.21. The summed E-state index contributed by atoms with van der Waals surface area (Å²) in [4.78, 5) is 23.2. The Bertz CT molecular complexity index is 670. The highest BCUT2D eigenvalue weighted by Gasteiger charge is 2.19. The SMILES string of the molecule is CCNS(=O)(=O)CCNC(=O)c1ccc2c(c1)NC(=O)C2. The molecule has 1 aromatic carbocycles. The van der Waals surface area contributed by atoms with Crippen LogP contribution < -0.4 is 15.4 Å². The van der Waals surface area contributed by atoms with Gasteiger partial charge in [-0.2, -0.15) is 0 Å². The van der Waals surface area contributed by atoms with E-state index in [1.807, 2.05) is 0 Å². The van der Waals surface area contributed by atoms with Crippen molar-refractivity contribution in [2.75, 3.05) is 24.2 Å². The first-order valence-electron chi connectivity index (χ1n) is 6.59. The average molecular weight is 311 g/mol. The second kappa shape index (κ2) is 6.23. The van der Waals surface area contributed by atoms with E-state index in [-0.39, 0.29) is 24.1 Å². The Balaban J connectivity index is 1.93. The fraction of sp³-hybridized carbons (Fsp3) is 0.385. The number of benzene rings is 1. The van der Waals surface area contributed by atoms with Crippen molar-refractivity contribution in [1.82, 2.24) is 10.0 Å². The minimum absolute atomic E-state index is 0.0254. The zero-order valence-corrected chi connectivity index (χ0v) is 12.4. The number of carbonyl (C=O) groups is 2. The molecule has 7 nitrogen and oxygen atoms in total. The van der Waals surface area contributed by atoms with Gasteiger partial charge in [0.15, 0.2) is 0 Å². The molecule has 0 radical (unpaired) electrons. The molecule has 0 spiro atoms. The van der Waals surface area contributed by atoms with Gasteiger partial charge in [0.25, 0.3) is 5.91 Å². The predicted octanol–water partition coefficient (Wildman–Crippen LogP) is -0.150. The van der Waals surface area contributed by atoms with Crippen LogP contribution in [0.4, 0.5) is 5.69 Å². The third-order valence-electron chi connectivity index (χ3n) is 3.02. The largest absolute Gasteiger partial charge is 0.351 e. The molecule has 0 bridgehead atoms. The maximum absolute atomic E-state index is 11.9. The number of nitrogens with one attached hydrogen (secondary N) is 3. The molecule has 3 N–H and O–H groups in total. The molecule has 0 fully saturated rings. The summed E-state index contributed by atoms with van der Waals surface area (Å²) < 4.78 is 25.2. The second-order valence-electron chi connectivity index (χ2n) is 4.67. The molecule has 21 heavy (non-hydrogen) atoms. The number of hydrogen-bond donors (Lipinski definition) is 3. The molecule has 114 valence electrons. The standard InChI is InChI=1S/C13H17N3O4S/c1-2-15-21(19,20)6-5-14-13(18)10-4-3-9-8-12(17)16-11(9)7-10/h3-4,7,15H,2,5-6,8H2,1H3,(H,14,18)(H,16,17). The van der Waals surface area contributed by atoms with Crippen LogP contribution in [-0.4, -0.2) is 39.1 Å². The molecular weight excluding hydrogens is 294 g/mol. The van der Waals surface area contributed by atoms with Crippen molar-refractivity contribution in [2.45, 2.75) is 13.3 Å². The van der Waals surface area contributed by atoms with Crippen molar-refractivity contribution in [3.05, 3.63) is 29.3 Å². The smallest absolute Gasteiger partial charge is 0.251 e. The van der Waals surface area contributed by atoms with Crippen LogP contribution >= 0.6 is 0 Å². The molecule has 0 saturated heterocycles. The van der Waals surface area contributed by atoms with E-state index in [4.69, 9.17) is 0 Å². The van der Waals surface area contributed by atoms with E-state index in [9.17, 15) is 18.0 Å². The lowest BCUT2D eigenvalue weighted by atomic mass is 10.1. The number of fused-ring (bicyclic) bond motifs is 1. The van der Waals surface area contributed by atoms with Crippen LogP contribution in [-0.2, 0) is 21.2 Å². The maximum atomic E-state index is 11.9. The molecule has 1 heterocycles. The Kier molecular flexibility index (Phi) is 4.59. The zero-order chi connectivity index (χ0) is 15.5. The Morgan fingerprint density at radius 2 is 2.14 bits per heavy atom. The van der Waals surface area contributed by atoms with E-state index in [2.05, 4.69) is 15.4 Å².